The first-order chi connectivity index (χ1) is 11.2. The molecule has 1 saturated heterocycles. The van der Waals surface area contributed by atoms with E-state index in [-0.39, 0.29) is 6.10 Å². The van der Waals surface area contributed by atoms with Crippen LogP contribution in [-0.2, 0) is 15.3 Å². The summed E-state index contributed by atoms with van der Waals surface area (Å²) in [6.07, 6.45) is -0.0699. The van der Waals surface area contributed by atoms with E-state index in [4.69, 9.17) is 25.5 Å². The molecular weight excluding hydrogens is 380 g/mol. The molecule has 5 heteroatoms. The molecule has 1 aliphatic heterocycles. The number of rotatable bonds is 3. The first-order valence-corrected chi connectivity index (χ1v) is 8.85. The van der Waals surface area contributed by atoms with E-state index in [1.54, 1.807) is 0 Å². The van der Waals surface area contributed by atoms with Crippen LogP contribution in [0.5, 0.6) is 0 Å². The van der Waals surface area contributed by atoms with E-state index < -0.39 is 5.79 Å². The lowest BCUT2D eigenvalue weighted by Crippen LogP contribution is -2.29. The fourth-order valence-corrected chi connectivity index (χ4v) is 3.44. The van der Waals surface area contributed by atoms with Gasteiger partial charge in [-0.1, -0.05) is 63.9 Å². The average molecular weight is 394 g/mol. The van der Waals surface area contributed by atoms with E-state index in [2.05, 4.69) is 15.9 Å². The highest BCUT2D eigenvalue weighted by atomic mass is 79.9. The second kappa shape index (κ2) is 5.95. The number of alkyl halides is 1. The van der Waals surface area contributed by atoms with Gasteiger partial charge in [0.25, 0.3) is 5.79 Å². The van der Waals surface area contributed by atoms with Gasteiger partial charge in [0.05, 0.1) is 12.7 Å². The Morgan fingerprint density at radius 1 is 1.13 bits per heavy atom. The fourth-order valence-electron chi connectivity index (χ4n) is 2.86. The van der Waals surface area contributed by atoms with Crippen molar-refractivity contribution in [2.24, 2.45) is 0 Å². The van der Waals surface area contributed by atoms with Gasteiger partial charge in [0.15, 0.2) is 5.76 Å². The van der Waals surface area contributed by atoms with Crippen molar-refractivity contribution in [3.05, 3.63) is 70.9 Å². The number of fused-ring (bicyclic) bond motifs is 1. The van der Waals surface area contributed by atoms with E-state index in [1.165, 1.54) is 0 Å². The summed E-state index contributed by atoms with van der Waals surface area (Å²) in [5.41, 5.74) is 1.55. The van der Waals surface area contributed by atoms with Crippen LogP contribution in [0.4, 0.5) is 0 Å². The maximum absolute atomic E-state index is 6.42. The first-order valence-electron chi connectivity index (χ1n) is 7.35. The Morgan fingerprint density at radius 3 is 2.65 bits per heavy atom. The molecule has 3 nitrogen and oxygen atoms in total. The molecule has 0 amide bonds. The van der Waals surface area contributed by atoms with Crippen molar-refractivity contribution in [1.29, 1.82) is 0 Å². The predicted octanol–water partition coefficient (Wildman–Crippen LogP) is 5.10. The predicted molar refractivity (Wildman–Crippen MR) is 93.1 cm³/mol. The van der Waals surface area contributed by atoms with Crippen molar-refractivity contribution in [2.75, 3.05) is 11.9 Å². The number of furan rings is 1. The summed E-state index contributed by atoms with van der Waals surface area (Å²) in [5.74, 6) is -0.509. The monoisotopic (exact) mass is 392 g/mol. The van der Waals surface area contributed by atoms with Gasteiger partial charge in [-0.3, -0.25) is 0 Å². The number of benzene rings is 2. The number of para-hydroxylation sites is 1. The minimum absolute atomic E-state index is 0.0699. The molecule has 118 valence electrons. The quantitative estimate of drug-likeness (QED) is 0.580. The van der Waals surface area contributed by atoms with Gasteiger partial charge in [-0.15, -0.1) is 0 Å². The highest BCUT2D eigenvalue weighted by Crippen LogP contribution is 2.45. The van der Waals surface area contributed by atoms with E-state index in [9.17, 15) is 0 Å². The number of hydrogen-bond acceptors (Lipinski definition) is 3. The van der Waals surface area contributed by atoms with Crippen LogP contribution < -0.4 is 0 Å². The Bertz CT molecular complexity index is 814. The molecule has 2 unspecified atom stereocenters. The third kappa shape index (κ3) is 2.50. The van der Waals surface area contributed by atoms with Crippen molar-refractivity contribution in [1.82, 2.24) is 0 Å². The molecule has 1 aromatic heterocycles. The molecule has 2 aromatic carbocycles. The standard InChI is InChI=1S/C18H14BrClO3/c19-10-13-11-21-18(23-13,14-6-2-3-7-15(14)20)17-9-12-5-1-4-8-16(12)22-17/h1-9,13H,10-11H2. The first kappa shape index (κ1) is 15.2. The minimum Gasteiger partial charge on any atom is -0.455 e. The van der Waals surface area contributed by atoms with E-state index in [0.717, 1.165) is 16.5 Å². The Labute approximate surface area is 147 Å². The Morgan fingerprint density at radius 2 is 1.91 bits per heavy atom. The maximum Gasteiger partial charge on any atom is 0.257 e. The smallest absolute Gasteiger partial charge is 0.257 e. The van der Waals surface area contributed by atoms with Crippen LogP contribution in [0.3, 0.4) is 0 Å². The molecule has 1 aliphatic rings. The zero-order chi connectivity index (χ0) is 15.9. The average Bonchev–Trinajstić information content (AvgIpc) is 3.20. The second-order valence-electron chi connectivity index (χ2n) is 5.45. The van der Waals surface area contributed by atoms with Gasteiger partial charge in [0.2, 0.25) is 0 Å². The van der Waals surface area contributed by atoms with Crippen LogP contribution in [0.2, 0.25) is 5.02 Å². The fraction of sp³-hybridized carbons (Fsp3) is 0.222. The van der Waals surface area contributed by atoms with E-state index >= 15 is 0 Å². The molecular formula is C18H14BrClO3. The molecule has 0 saturated carbocycles. The summed E-state index contributed by atoms with van der Waals surface area (Å²) in [4.78, 5) is 0. The largest absolute Gasteiger partial charge is 0.455 e. The molecule has 23 heavy (non-hydrogen) atoms. The van der Waals surface area contributed by atoms with Gasteiger partial charge in [-0.25, -0.2) is 0 Å². The van der Waals surface area contributed by atoms with Crippen molar-refractivity contribution in [3.63, 3.8) is 0 Å². The van der Waals surface area contributed by atoms with Crippen molar-refractivity contribution < 1.29 is 13.9 Å². The summed E-state index contributed by atoms with van der Waals surface area (Å²) >= 11 is 9.88. The second-order valence-corrected chi connectivity index (χ2v) is 6.50. The number of hydrogen-bond donors (Lipinski definition) is 0. The Kier molecular flexibility index (Phi) is 3.93. The van der Waals surface area contributed by atoms with E-state index in [1.807, 2.05) is 54.6 Å². The van der Waals surface area contributed by atoms with Crippen LogP contribution in [0.1, 0.15) is 11.3 Å². The van der Waals surface area contributed by atoms with Gasteiger partial charge < -0.3 is 13.9 Å². The third-order valence-corrected chi connectivity index (χ3v) is 5.01. The molecule has 2 atom stereocenters. The Balaban J connectivity index is 1.91. The number of halogens is 2. The van der Waals surface area contributed by atoms with Crippen molar-refractivity contribution in [3.8, 4) is 0 Å². The van der Waals surface area contributed by atoms with Crippen LogP contribution in [0.25, 0.3) is 11.0 Å². The molecule has 3 aromatic rings. The normalized spacial score (nSPS) is 24.3. The minimum atomic E-state index is -1.12. The zero-order valence-corrected chi connectivity index (χ0v) is 14.5. The number of ether oxygens (including phenoxy) is 2. The molecule has 0 spiro atoms. The molecule has 0 bridgehead atoms. The topological polar surface area (TPSA) is 31.6 Å². The lowest BCUT2D eigenvalue weighted by molar-refractivity contribution is -0.152. The molecule has 4 rings (SSSR count). The van der Waals surface area contributed by atoms with E-state index in [0.29, 0.717) is 22.7 Å². The molecule has 2 heterocycles. The van der Waals surface area contributed by atoms with Crippen LogP contribution in [-0.4, -0.2) is 18.0 Å². The SMILES string of the molecule is Clc1ccccc1C1(c2cc3ccccc3o2)OCC(CBr)O1. The van der Waals surface area contributed by atoms with Crippen LogP contribution >= 0.6 is 27.5 Å². The molecule has 0 radical (unpaired) electrons. The molecule has 0 N–H and O–H groups in total. The summed E-state index contributed by atoms with van der Waals surface area (Å²) in [6.45, 7) is 0.466. The Hall–Kier alpha value is -1.33. The van der Waals surface area contributed by atoms with Gasteiger partial charge in [0.1, 0.15) is 5.58 Å². The summed E-state index contributed by atoms with van der Waals surface area (Å²) in [6, 6.07) is 17.3. The summed E-state index contributed by atoms with van der Waals surface area (Å²) in [5, 5.41) is 2.27. The van der Waals surface area contributed by atoms with Crippen LogP contribution in [0, 0.1) is 0 Å². The lowest BCUT2D eigenvalue weighted by atomic mass is 10.0. The third-order valence-electron chi connectivity index (χ3n) is 3.96. The van der Waals surface area contributed by atoms with Gasteiger partial charge in [-0.05, 0) is 18.2 Å². The van der Waals surface area contributed by atoms with Crippen molar-refractivity contribution in [2.45, 2.75) is 11.9 Å². The maximum atomic E-state index is 6.42. The summed E-state index contributed by atoms with van der Waals surface area (Å²) in [7, 11) is 0. The summed E-state index contributed by atoms with van der Waals surface area (Å²) < 4.78 is 18.4. The van der Waals surface area contributed by atoms with Gasteiger partial charge in [0, 0.05) is 21.3 Å². The highest BCUT2D eigenvalue weighted by Gasteiger charge is 2.48. The zero-order valence-electron chi connectivity index (χ0n) is 12.2. The molecule has 1 fully saturated rings. The molecule has 0 aliphatic carbocycles. The van der Waals surface area contributed by atoms with Gasteiger partial charge in [-0.2, -0.15) is 0 Å². The van der Waals surface area contributed by atoms with Crippen molar-refractivity contribution >= 4 is 38.5 Å². The van der Waals surface area contributed by atoms with Gasteiger partial charge >= 0.3 is 0 Å². The highest BCUT2D eigenvalue weighted by molar-refractivity contribution is 9.09. The van der Waals surface area contributed by atoms with Crippen LogP contribution in [0.15, 0.2) is 59.0 Å². The lowest BCUT2D eigenvalue weighted by Gasteiger charge is -2.27.